The Morgan fingerprint density at radius 2 is 1.96 bits per heavy atom. The Hall–Kier alpha value is -2.56. The first-order chi connectivity index (χ1) is 11.1. The van der Waals surface area contributed by atoms with Crippen molar-refractivity contribution in [2.75, 3.05) is 26.7 Å². The van der Waals surface area contributed by atoms with Crippen molar-refractivity contribution < 1.29 is 14.3 Å². The van der Waals surface area contributed by atoms with Crippen LogP contribution in [-0.2, 0) is 9.59 Å². The van der Waals surface area contributed by atoms with Crippen LogP contribution in [0.15, 0.2) is 36.4 Å². The molecule has 1 aliphatic rings. The third kappa shape index (κ3) is 3.13. The molecule has 0 spiro atoms. The summed E-state index contributed by atoms with van der Waals surface area (Å²) in [7, 11) is 1.64. The molecule has 5 nitrogen and oxygen atoms in total. The van der Waals surface area contributed by atoms with E-state index in [0.717, 1.165) is 22.1 Å². The number of nitrogens with zero attached hydrogens (tertiary/aromatic N) is 1. The Bertz CT molecular complexity index is 757. The fourth-order valence-corrected chi connectivity index (χ4v) is 2.88. The number of carbonyl (C=O) groups excluding carboxylic acids is 2. The van der Waals surface area contributed by atoms with Crippen molar-refractivity contribution in [2.24, 2.45) is 0 Å². The van der Waals surface area contributed by atoms with E-state index in [9.17, 15) is 9.59 Å². The van der Waals surface area contributed by atoms with E-state index in [2.05, 4.69) is 5.32 Å². The summed E-state index contributed by atoms with van der Waals surface area (Å²) in [6, 6.07) is 11.9. The summed E-state index contributed by atoms with van der Waals surface area (Å²) in [5.74, 6) is 0.441. The average molecular weight is 312 g/mol. The highest BCUT2D eigenvalue weighted by Crippen LogP contribution is 2.26. The number of ether oxygens (including phenoxy) is 1. The van der Waals surface area contributed by atoms with Gasteiger partial charge in [0.1, 0.15) is 5.75 Å². The lowest BCUT2D eigenvalue weighted by molar-refractivity contribution is -0.139. The van der Waals surface area contributed by atoms with Gasteiger partial charge in [-0.15, -0.1) is 0 Å². The molecule has 1 atom stereocenters. The minimum absolute atomic E-state index is 0.00675. The molecular formula is C18H20N2O3. The zero-order valence-electron chi connectivity index (χ0n) is 13.3. The molecule has 0 saturated carbocycles. The van der Waals surface area contributed by atoms with E-state index in [1.807, 2.05) is 43.3 Å². The van der Waals surface area contributed by atoms with Gasteiger partial charge in [0.15, 0.2) is 0 Å². The zero-order valence-corrected chi connectivity index (χ0v) is 13.3. The largest absolute Gasteiger partial charge is 0.497 e. The normalized spacial score (nSPS) is 16.1. The quantitative estimate of drug-likeness (QED) is 0.942. The Morgan fingerprint density at radius 1 is 1.22 bits per heavy atom. The third-order valence-electron chi connectivity index (χ3n) is 4.29. The van der Waals surface area contributed by atoms with Gasteiger partial charge in [0.05, 0.1) is 19.6 Å². The Balaban J connectivity index is 1.83. The Labute approximate surface area is 135 Å². The number of carbonyl (C=O) groups is 2. The van der Waals surface area contributed by atoms with Gasteiger partial charge in [0.25, 0.3) is 0 Å². The number of rotatable bonds is 3. The van der Waals surface area contributed by atoms with Crippen molar-refractivity contribution in [3.05, 3.63) is 42.0 Å². The maximum Gasteiger partial charge on any atom is 0.239 e. The number of amides is 2. The molecule has 1 heterocycles. The van der Waals surface area contributed by atoms with Crippen LogP contribution in [0.25, 0.3) is 10.8 Å². The maximum atomic E-state index is 12.6. The van der Waals surface area contributed by atoms with Gasteiger partial charge in [-0.1, -0.05) is 24.3 Å². The molecule has 0 unspecified atom stereocenters. The molecule has 1 saturated heterocycles. The third-order valence-corrected chi connectivity index (χ3v) is 4.29. The number of piperazine rings is 1. The fourth-order valence-electron chi connectivity index (χ4n) is 2.88. The van der Waals surface area contributed by atoms with Crippen molar-refractivity contribution in [3.8, 4) is 5.75 Å². The van der Waals surface area contributed by atoms with E-state index in [1.165, 1.54) is 0 Å². The lowest BCUT2D eigenvalue weighted by Crippen LogP contribution is -2.50. The SMILES string of the molecule is COc1ccc2cc([C@H](C)C(=O)N3CCNC(=O)C3)ccc2c1. The van der Waals surface area contributed by atoms with Crippen LogP contribution >= 0.6 is 0 Å². The number of nitrogens with one attached hydrogen (secondary N) is 1. The minimum atomic E-state index is -0.271. The summed E-state index contributed by atoms with van der Waals surface area (Å²) in [6.07, 6.45) is 0. The first-order valence-corrected chi connectivity index (χ1v) is 7.71. The van der Waals surface area contributed by atoms with Crippen LogP contribution in [0.1, 0.15) is 18.4 Å². The van der Waals surface area contributed by atoms with Crippen molar-refractivity contribution in [1.29, 1.82) is 0 Å². The van der Waals surface area contributed by atoms with Crippen LogP contribution in [0, 0.1) is 0 Å². The molecule has 2 aromatic carbocycles. The monoisotopic (exact) mass is 312 g/mol. The molecular weight excluding hydrogens is 292 g/mol. The van der Waals surface area contributed by atoms with Gasteiger partial charge < -0.3 is 15.0 Å². The minimum Gasteiger partial charge on any atom is -0.497 e. The molecule has 120 valence electrons. The second kappa shape index (κ2) is 6.28. The Kier molecular flexibility index (Phi) is 4.19. The molecule has 2 amide bonds. The molecule has 5 heteroatoms. The molecule has 0 radical (unpaired) electrons. The molecule has 1 aliphatic heterocycles. The van der Waals surface area contributed by atoms with Crippen LogP contribution in [0.4, 0.5) is 0 Å². The van der Waals surface area contributed by atoms with E-state index in [4.69, 9.17) is 4.74 Å². The van der Waals surface area contributed by atoms with Gasteiger partial charge >= 0.3 is 0 Å². The summed E-state index contributed by atoms with van der Waals surface area (Å²) in [6.45, 7) is 3.13. The number of fused-ring (bicyclic) bond motifs is 1. The molecule has 23 heavy (non-hydrogen) atoms. The highest BCUT2D eigenvalue weighted by atomic mass is 16.5. The lowest BCUT2D eigenvalue weighted by Gasteiger charge is -2.29. The summed E-state index contributed by atoms with van der Waals surface area (Å²) >= 11 is 0. The van der Waals surface area contributed by atoms with E-state index in [1.54, 1.807) is 12.0 Å². The van der Waals surface area contributed by atoms with Crippen LogP contribution in [0.3, 0.4) is 0 Å². The van der Waals surface area contributed by atoms with Crippen molar-refractivity contribution >= 4 is 22.6 Å². The van der Waals surface area contributed by atoms with Gasteiger partial charge in [-0.25, -0.2) is 0 Å². The summed E-state index contributed by atoms with van der Waals surface area (Å²) < 4.78 is 5.23. The predicted octanol–water partition coefficient (Wildman–Crippen LogP) is 1.91. The number of hydrogen-bond acceptors (Lipinski definition) is 3. The maximum absolute atomic E-state index is 12.6. The number of methoxy groups -OCH3 is 1. The van der Waals surface area contributed by atoms with Gasteiger partial charge in [0.2, 0.25) is 11.8 Å². The van der Waals surface area contributed by atoms with E-state index in [0.29, 0.717) is 13.1 Å². The molecule has 0 aromatic heterocycles. The summed E-state index contributed by atoms with van der Waals surface area (Å²) in [5.41, 5.74) is 0.957. The Morgan fingerprint density at radius 3 is 2.70 bits per heavy atom. The molecule has 1 N–H and O–H groups in total. The van der Waals surface area contributed by atoms with Crippen LogP contribution < -0.4 is 10.1 Å². The average Bonchev–Trinajstić information content (AvgIpc) is 2.59. The van der Waals surface area contributed by atoms with Crippen LogP contribution in [-0.4, -0.2) is 43.5 Å². The van der Waals surface area contributed by atoms with E-state index < -0.39 is 0 Å². The molecule has 3 rings (SSSR count). The highest BCUT2D eigenvalue weighted by Gasteiger charge is 2.26. The van der Waals surface area contributed by atoms with E-state index in [-0.39, 0.29) is 24.3 Å². The number of benzene rings is 2. The smallest absolute Gasteiger partial charge is 0.239 e. The number of hydrogen-bond donors (Lipinski definition) is 1. The van der Waals surface area contributed by atoms with E-state index >= 15 is 0 Å². The molecule has 2 aromatic rings. The van der Waals surface area contributed by atoms with Crippen LogP contribution in [0.2, 0.25) is 0 Å². The topological polar surface area (TPSA) is 58.6 Å². The second-order valence-electron chi connectivity index (χ2n) is 5.80. The van der Waals surface area contributed by atoms with Gasteiger partial charge in [-0.3, -0.25) is 9.59 Å². The first-order valence-electron chi connectivity index (χ1n) is 7.71. The second-order valence-corrected chi connectivity index (χ2v) is 5.80. The fraction of sp³-hybridized carbons (Fsp3) is 0.333. The summed E-state index contributed by atoms with van der Waals surface area (Å²) in [5, 5.41) is 4.88. The van der Waals surface area contributed by atoms with Crippen molar-refractivity contribution in [3.63, 3.8) is 0 Å². The predicted molar refractivity (Wildman–Crippen MR) is 88.5 cm³/mol. The highest BCUT2D eigenvalue weighted by molar-refractivity contribution is 5.91. The molecule has 0 aliphatic carbocycles. The van der Waals surface area contributed by atoms with Gasteiger partial charge in [0, 0.05) is 13.1 Å². The van der Waals surface area contributed by atoms with Gasteiger partial charge in [-0.2, -0.15) is 0 Å². The van der Waals surface area contributed by atoms with Gasteiger partial charge in [-0.05, 0) is 35.4 Å². The van der Waals surface area contributed by atoms with Crippen LogP contribution in [0.5, 0.6) is 5.75 Å². The molecule has 0 bridgehead atoms. The van der Waals surface area contributed by atoms with Crippen molar-refractivity contribution in [1.82, 2.24) is 10.2 Å². The standard InChI is InChI=1S/C18H20N2O3/c1-12(18(22)20-8-7-19-17(21)11-20)13-3-4-15-10-16(23-2)6-5-14(15)9-13/h3-6,9-10,12H,7-8,11H2,1-2H3,(H,19,21)/t12-/m0/s1. The van der Waals surface area contributed by atoms with Crippen molar-refractivity contribution in [2.45, 2.75) is 12.8 Å². The summed E-state index contributed by atoms with van der Waals surface area (Å²) in [4.78, 5) is 25.7. The molecule has 1 fully saturated rings. The zero-order chi connectivity index (χ0) is 16.4. The first kappa shape index (κ1) is 15.3. The lowest BCUT2D eigenvalue weighted by atomic mass is 9.96.